The molecule has 0 atom stereocenters. The van der Waals surface area contributed by atoms with Crippen LogP contribution < -0.4 is 5.43 Å². The zero-order chi connectivity index (χ0) is 15.7. The molecule has 0 spiro atoms. The van der Waals surface area contributed by atoms with Crippen molar-refractivity contribution in [3.63, 3.8) is 0 Å². The van der Waals surface area contributed by atoms with E-state index in [-0.39, 0.29) is 17.6 Å². The molecule has 1 fully saturated rings. The van der Waals surface area contributed by atoms with Crippen LogP contribution in [0.15, 0.2) is 28.6 Å². The van der Waals surface area contributed by atoms with Gasteiger partial charge >= 0.3 is 0 Å². The van der Waals surface area contributed by atoms with Gasteiger partial charge in [-0.15, -0.1) is 23.1 Å². The second-order valence-corrected chi connectivity index (χ2v) is 9.07. The first kappa shape index (κ1) is 15.6. The lowest BCUT2D eigenvalue weighted by Gasteiger charge is -2.30. The molecule has 1 aliphatic heterocycles. The van der Waals surface area contributed by atoms with Gasteiger partial charge in [0.2, 0.25) is 5.91 Å². The van der Waals surface area contributed by atoms with Crippen molar-refractivity contribution in [2.45, 2.75) is 23.1 Å². The van der Waals surface area contributed by atoms with Crippen molar-refractivity contribution in [1.82, 2.24) is 15.4 Å². The lowest BCUT2D eigenvalue weighted by molar-refractivity contribution is -0.140. The van der Waals surface area contributed by atoms with E-state index in [2.05, 4.69) is 10.4 Å². The highest BCUT2D eigenvalue weighted by atomic mass is 32.2. The van der Waals surface area contributed by atoms with E-state index in [0.29, 0.717) is 5.75 Å². The zero-order valence-corrected chi connectivity index (χ0v) is 14.6. The van der Waals surface area contributed by atoms with Gasteiger partial charge in [0.1, 0.15) is 4.87 Å². The molecule has 2 aromatic rings. The molecule has 5 nitrogen and oxygen atoms in total. The molecule has 1 aromatic heterocycles. The van der Waals surface area contributed by atoms with Crippen molar-refractivity contribution in [3.05, 3.63) is 24.3 Å². The Labute approximate surface area is 140 Å². The second kappa shape index (κ2) is 6.10. The third-order valence-electron chi connectivity index (χ3n) is 3.17. The molecular formula is C14H15N3O2S3. The number of hydrogen-bond acceptors (Lipinski definition) is 6. The van der Waals surface area contributed by atoms with Crippen LogP contribution >= 0.6 is 34.9 Å². The minimum Gasteiger partial charge on any atom is -0.272 e. The third-order valence-corrected chi connectivity index (χ3v) is 6.63. The van der Waals surface area contributed by atoms with Crippen LogP contribution in [0.4, 0.5) is 0 Å². The normalized spacial score (nSPS) is 17.2. The molecule has 1 aromatic carbocycles. The molecule has 0 bridgehead atoms. The van der Waals surface area contributed by atoms with E-state index in [1.165, 1.54) is 28.5 Å². The number of amides is 2. The standard InChI is InChI=1S/C14H15N3O2S3/c1-14(2)17(12(19)8-21-14)16-11(18)7-20-13-15-9-5-3-4-6-10(9)22-13/h3-6H,7-8H2,1-2H3,(H,16,18). The Kier molecular flexibility index (Phi) is 4.33. The van der Waals surface area contributed by atoms with Crippen LogP contribution in [0.3, 0.4) is 0 Å². The number of thiazole rings is 1. The number of nitrogens with zero attached hydrogens (tertiary/aromatic N) is 2. The fourth-order valence-electron chi connectivity index (χ4n) is 2.06. The molecule has 0 radical (unpaired) electrons. The molecule has 22 heavy (non-hydrogen) atoms. The first-order valence-electron chi connectivity index (χ1n) is 6.70. The summed E-state index contributed by atoms with van der Waals surface area (Å²) in [5.41, 5.74) is 3.65. The molecule has 8 heteroatoms. The van der Waals surface area contributed by atoms with Gasteiger partial charge < -0.3 is 0 Å². The number of nitrogens with one attached hydrogen (secondary N) is 1. The van der Waals surface area contributed by atoms with Crippen molar-refractivity contribution in [3.8, 4) is 0 Å². The van der Waals surface area contributed by atoms with E-state index in [1.807, 2.05) is 38.1 Å². The molecule has 0 unspecified atom stereocenters. The van der Waals surface area contributed by atoms with Crippen molar-refractivity contribution in [1.29, 1.82) is 0 Å². The van der Waals surface area contributed by atoms with E-state index in [9.17, 15) is 9.59 Å². The SMILES string of the molecule is CC1(C)SCC(=O)N1NC(=O)CSc1nc2ccccc2s1. The molecular weight excluding hydrogens is 338 g/mol. The zero-order valence-electron chi connectivity index (χ0n) is 12.2. The smallest absolute Gasteiger partial charge is 0.252 e. The maximum Gasteiger partial charge on any atom is 0.252 e. The lowest BCUT2D eigenvalue weighted by atomic mass is 10.3. The van der Waals surface area contributed by atoms with E-state index in [1.54, 1.807) is 11.3 Å². The fourth-order valence-corrected chi connectivity index (χ4v) is 4.80. The minimum atomic E-state index is -0.396. The highest BCUT2D eigenvalue weighted by Crippen LogP contribution is 2.34. The Morgan fingerprint density at radius 3 is 2.91 bits per heavy atom. The summed E-state index contributed by atoms with van der Waals surface area (Å²) in [6.07, 6.45) is 0. The first-order valence-corrected chi connectivity index (χ1v) is 9.49. The summed E-state index contributed by atoms with van der Waals surface area (Å²) in [6, 6.07) is 7.89. The van der Waals surface area contributed by atoms with Gasteiger partial charge in [-0.3, -0.25) is 15.0 Å². The van der Waals surface area contributed by atoms with E-state index in [4.69, 9.17) is 0 Å². The quantitative estimate of drug-likeness (QED) is 0.857. The summed E-state index contributed by atoms with van der Waals surface area (Å²) in [6.45, 7) is 3.84. The van der Waals surface area contributed by atoms with Gasteiger partial charge in [-0.25, -0.2) is 9.99 Å². The summed E-state index contributed by atoms with van der Waals surface area (Å²) in [5.74, 6) is 0.393. The van der Waals surface area contributed by atoms with E-state index >= 15 is 0 Å². The van der Waals surface area contributed by atoms with Crippen molar-refractivity contribution < 1.29 is 9.59 Å². The van der Waals surface area contributed by atoms with Crippen molar-refractivity contribution in [2.75, 3.05) is 11.5 Å². The van der Waals surface area contributed by atoms with Gasteiger partial charge in [0.15, 0.2) is 4.34 Å². The number of aromatic nitrogens is 1. The van der Waals surface area contributed by atoms with Gasteiger partial charge in [0.25, 0.3) is 5.91 Å². The summed E-state index contributed by atoms with van der Waals surface area (Å²) >= 11 is 4.48. The van der Waals surface area contributed by atoms with Crippen molar-refractivity contribution >= 4 is 56.9 Å². The van der Waals surface area contributed by atoms with Crippen LogP contribution in [0, 0.1) is 0 Å². The number of benzene rings is 1. The third kappa shape index (κ3) is 3.23. The van der Waals surface area contributed by atoms with Crippen LogP contribution in [0.1, 0.15) is 13.8 Å². The fraction of sp³-hybridized carbons (Fsp3) is 0.357. The molecule has 116 valence electrons. The van der Waals surface area contributed by atoms with Crippen molar-refractivity contribution in [2.24, 2.45) is 0 Å². The maximum atomic E-state index is 12.1. The van der Waals surface area contributed by atoms with Gasteiger partial charge in [0.05, 0.1) is 21.7 Å². The molecule has 0 saturated carbocycles. The highest BCUT2D eigenvalue weighted by molar-refractivity contribution is 8.02. The Balaban J connectivity index is 1.59. The Bertz CT molecular complexity index is 696. The summed E-state index contributed by atoms with van der Waals surface area (Å²) in [4.78, 5) is 27.9. The largest absolute Gasteiger partial charge is 0.272 e. The Morgan fingerprint density at radius 2 is 2.23 bits per heavy atom. The van der Waals surface area contributed by atoms with Gasteiger partial charge in [-0.05, 0) is 26.0 Å². The van der Waals surface area contributed by atoms with Crippen LogP contribution in [0.5, 0.6) is 0 Å². The van der Waals surface area contributed by atoms with Gasteiger partial charge in [-0.1, -0.05) is 23.9 Å². The van der Waals surface area contributed by atoms with Gasteiger partial charge in [-0.2, -0.15) is 0 Å². The monoisotopic (exact) mass is 353 g/mol. The van der Waals surface area contributed by atoms with E-state index < -0.39 is 4.87 Å². The number of para-hydroxylation sites is 1. The number of fused-ring (bicyclic) bond motifs is 1. The Hall–Kier alpha value is -1.25. The maximum absolute atomic E-state index is 12.1. The average molecular weight is 353 g/mol. The van der Waals surface area contributed by atoms with E-state index in [0.717, 1.165) is 14.6 Å². The summed E-state index contributed by atoms with van der Waals surface area (Å²) in [5, 5.41) is 1.43. The average Bonchev–Trinajstić information content (AvgIpc) is 3.00. The highest BCUT2D eigenvalue weighted by Gasteiger charge is 2.39. The second-order valence-electron chi connectivity index (χ2n) is 5.24. The molecule has 1 saturated heterocycles. The molecule has 1 aliphatic rings. The van der Waals surface area contributed by atoms with Gasteiger partial charge in [0, 0.05) is 0 Å². The molecule has 2 amide bonds. The summed E-state index contributed by atoms with van der Waals surface area (Å²) < 4.78 is 1.97. The minimum absolute atomic E-state index is 0.0617. The first-order chi connectivity index (χ1) is 10.5. The van der Waals surface area contributed by atoms with Crippen LogP contribution in [-0.2, 0) is 9.59 Å². The predicted molar refractivity (Wildman–Crippen MR) is 91.9 cm³/mol. The lowest BCUT2D eigenvalue weighted by Crippen LogP contribution is -2.52. The number of carbonyl (C=O) groups excluding carboxylic acids is 2. The molecule has 3 rings (SSSR count). The number of thioether (sulfide) groups is 2. The number of carbonyl (C=O) groups is 2. The molecule has 1 N–H and O–H groups in total. The predicted octanol–water partition coefficient (Wildman–Crippen LogP) is 2.73. The Morgan fingerprint density at radius 1 is 1.45 bits per heavy atom. The van der Waals surface area contributed by atoms with Crippen LogP contribution in [-0.4, -0.2) is 38.2 Å². The number of hydrazine groups is 1. The van der Waals surface area contributed by atoms with Crippen LogP contribution in [0.2, 0.25) is 0 Å². The topological polar surface area (TPSA) is 62.3 Å². The molecule has 0 aliphatic carbocycles. The number of rotatable bonds is 4. The number of hydrogen-bond donors (Lipinski definition) is 1. The summed E-state index contributed by atoms with van der Waals surface area (Å²) in [7, 11) is 0. The molecule has 2 heterocycles. The van der Waals surface area contributed by atoms with Crippen LogP contribution in [0.25, 0.3) is 10.2 Å².